The summed E-state index contributed by atoms with van der Waals surface area (Å²) in [6.45, 7) is 0. The summed E-state index contributed by atoms with van der Waals surface area (Å²) >= 11 is 2.28. The Balaban J connectivity index is 1.67. The van der Waals surface area contributed by atoms with Gasteiger partial charge in [0.05, 0.1) is 10.8 Å². The molecule has 0 saturated heterocycles. The van der Waals surface area contributed by atoms with Gasteiger partial charge >= 0.3 is 0 Å². The van der Waals surface area contributed by atoms with E-state index in [1.54, 1.807) is 22.7 Å². The lowest BCUT2D eigenvalue weighted by Gasteiger charge is -2.12. The minimum Gasteiger partial charge on any atom is -0.606 e. The van der Waals surface area contributed by atoms with Gasteiger partial charge in [-0.1, -0.05) is 48.5 Å². The van der Waals surface area contributed by atoms with Crippen LogP contribution in [0.15, 0.2) is 94.7 Å². The summed E-state index contributed by atoms with van der Waals surface area (Å²) in [6.07, 6.45) is 0. The third kappa shape index (κ3) is 2.36. The van der Waals surface area contributed by atoms with Crippen LogP contribution in [0.1, 0.15) is 0 Å². The summed E-state index contributed by atoms with van der Waals surface area (Å²) < 4.78 is 18.7. The molecule has 0 amide bonds. The maximum atomic E-state index is 13.9. The Morgan fingerprint density at radius 1 is 0.500 bits per heavy atom. The number of hydrogen-bond acceptors (Lipinski definition) is 3. The van der Waals surface area contributed by atoms with Crippen molar-refractivity contribution in [3.05, 3.63) is 84.9 Å². The summed E-state index contributed by atoms with van der Waals surface area (Å²) in [6, 6.07) is 29.1. The molecule has 0 bridgehead atoms. The van der Waals surface area contributed by atoms with Crippen molar-refractivity contribution in [3.63, 3.8) is 0 Å². The first-order valence-electron chi connectivity index (χ1n) is 9.03. The van der Waals surface area contributed by atoms with E-state index in [1.807, 2.05) is 24.3 Å². The van der Waals surface area contributed by atoms with Crippen molar-refractivity contribution in [3.8, 4) is 0 Å². The third-order valence-electron chi connectivity index (χ3n) is 5.13. The highest BCUT2D eigenvalue weighted by atomic mass is 32.2. The second kappa shape index (κ2) is 6.33. The lowest BCUT2D eigenvalue weighted by molar-refractivity contribution is 0.597. The zero-order chi connectivity index (χ0) is 18.7. The number of fused-ring (bicyclic) bond motifs is 6. The van der Waals surface area contributed by atoms with Gasteiger partial charge in [0.1, 0.15) is 0 Å². The molecule has 0 unspecified atom stereocenters. The second-order valence-electron chi connectivity index (χ2n) is 6.72. The van der Waals surface area contributed by atoms with Crippen molar-refractivity contribution in [2.24, 2.45) is 0 Å². The molecule has 0 radical (unpaired) electrons. The summed E-state index contributed by atoms with van der Waals surface area (Å²) in [7, 11) is 0. The second-order valence-corrected chi connectivity index (χ2v) is 10.3. The van der Waals surface area contributed by atoms with Crippen LogP contribution >= 0.6 is 22.7 Å². The van der Waals surface area contributed by atoms with Gasteiger partial charge in [0, 0.05) is 40.7 Å². The summed E-state index contributed by atoms with van der Waals surface area (Å²) in [5.74, 6) is 0. The SMILES string of the molecule is [O-][S+](c1cccc2sc3ccccc3c12)c1cccc2sc3ccccc3c12. The number of benzene rings is 4. The zero-order valence-electron chi connectivity index (χ0n) is 14.7. The Hall–Kier alpha value is -2.37. The van der Waals surface area contributed by atoms with E-state index in [4.69, 9.17) is 0 Å². The highest BCUT2D eigenvalue weighted by Gasteiger charge is 2.24. The molecule has 6 aromatic rings. The van der Waals surface area contributed by atoms with Crippen LogP contribution in [0.3, 0.4) is 0 Å². The third-order valence-corrected chi connectivity index (χ3v) is 8.88. The molecular formula is C24H14OS3. The van der Waals surface area contributed by atoms with Crippen LogP contribution in [-0.2, 0) is 11.2 Å². The van der Waals surface area contributed by atoms with E-state index in [2.05, 4.69) is 60.7 Å². The first-order chi connectivity index (χ1) is 13.8. The van der Waals surface area contributed by atoms with Gasteiger partial charge in [-0.3, -0.25) is 0 Å². The highest BCUT2D eigenvalue weighted by molar-refractivity contribution is 7.92. The van der Waals surface area contributed by atoms with E-state index in [0.717, 1.165) is 20.6 Å². The molecule has 2 aromatic heterocycles. The Kier molecular flexibility index (Phi) is 3.74. The van der Waals surface area contributed by atoms with Crippen molar-refractivity contribution in [2.45, 2.75) is 9.79 Å². The van der Waals surface area contributed by atoms with Gasteiger partial charge in [0.25, 0.3) is 0 Å². The summed E-state index contributed by atoms with van der Waals surface area (Å²) in [4.78, 5) is 1.80. The van der Waals surface area contributed by atoms with Gasteiger partial charge in [-0.15, -0.1) is 22.7 Å². The normalized spacial score (nSPS) is 12.1. The van der Waals surface area contributed by atoms with Crippen molar-refractivity contribution in [1.82, 2.24) is 0 Å². The molecule has 4 aromatic carbocycles. The van der Waals surface area contributed by atoms with Crippen molar-refractivity contribution in [2.75, 3.05) is 0 Å². The molecule has 2 heterocycles. The first-order valence-corrected chi connectivity index (χ1v) is 11.8. The first kappa shape index (κ1) is 16.6. The summed E-state index contributed by atoms with van der Waals surface area (Å²) in [5.41, 5.74) is 0. The predicted molar refractivity (Wildman–Crippen MR) is 123 cm³/mol. The number of thiophene rings is 2. The fraction of sp³-hybridized carbons (Fsp3) is 0. The van der Waals surface area contributed by atoms with Crippen LogP contribution in [0.25, 0.3) is 40.3 Å². The van der Waals surface area contributed by atoms with Gasteiger partial charge < -0.3 is 4.55 Å². The van der Waals surface area contributed by atoms with E-state index >= 15 is 0 Å². The summed E-state index contributed by atoms with van der Waals surface area (Å²) in [5, 5.41) is 4.62. The van der Waals surface area contributed by atoms with Gasteiger partial charge in [-0.05, 0) is 36.4 Å². The standard InChI is InChI=1S/C24H14OS3/c25-28(21-13-5-11-19-23(21)15-7-1-3-9-17(15)26-19)22-14-6-12-20-24(22)16-8-2-4-10-18(16)27-20/h1-14H. The average Bonchev–Trinajstić information content (AvgIpc) is 3.31. The molecule has 28 heavy (non-hydrogen) atoms. The smallest absolute Gasteiger partial charge is 0.167 e. The fourth-order valence-corrected chi connectivity index (χ4v) is 7.76. The Labute approximate surface area is 173 Å². The molecule has 0 fully saturated rings. The molecule has 0 aliphatic heterocycles. The molecule has 0 atom stereocenters. The zero-order valence-corrected chi connectivity index (χ0v) is 17.2. The molecule has 134 valence electrons. The molecule has 6 rings (SSSR count). The maximum Gasteiger partial charge on any atom is 0.167 e. The van der Waals surface area contributed by atoms with Gasteiger partial charge in [-0.25, -0.2) is 0 Å². The Bertz CT molecular complexity index is 1380. The molecule has 4 heteroatoms. The van der Waals surface area contributed by atoms with E-state index in [9.17, 15) is 4.55 Å². The lowest BCUT2D eigenvalue weighted by Crippen LogP contribution is -2.03. The van der Waals surface area contributed by atoms with Gasteiger partial charge in [-0.2, -0.15) is 0 Å². The average molecular weight is 415 g/mol. The molecule has 0 aliphatic rings. The van der Waals surface area contributed by atoms with Gasteiger partial charge in [0.15, 0.2) is 9.79 Å². The van der Waals surface area contributed by atoms with Crippen LogP contribution < -0.4 is 0 Å². The molecule has 0 saturated carbocycles. The quantitative estimate of drug-likeness (QED) is 0.268. The van der Waals surface area contributed by atoms with Crippen LogP contribution in [0.2, 0.25) is 0 Å². The number of hydrogen-bond donors (Lipinski definition) is 0. The molecule has 0 N–H and O–H groups in total. The molecule has 0 aliphatic carbocycles. The predicted octanol–water partition coefficient (Wildman–Crippen LogP) is 7.59. The van der Waals surface area contributed by atoms with Crippen LogP contribution in [0.4, 0.5) is 0 Å². The van der Waals surface area contributed by atoms with E-state index in [0.29, 0.717) is 0 Å². The topological polar surface area (TPSA) is 23.1 Å². The van der Waals surface area contributed by atoms with Crippen LogP contribution in [0, 0.1) is 0 Å². The monoisotopic (exact) mass is 414 g/mol. The minimum absolute atomic E-state index is 0.901. The Morgan fingerprint density at radius 3 is 1.43 bits per heavy atom. The van der Waals surface area contributed by atoms with Gasteiger partial charge in [0.2, 0.25) is 0 Å². The van der Waals surface area contributed by atoms with Crippen molar-refractivity contribution >= 4 is 74.2 Å². The Morgan fingerprint density at radius 2 is 0.929 bits per heavy atom. The van der Waals surface area contributed by atoms with Crippen LogP contribution in [-0.4, -0.2) is 4.55 Å². The largest absolute Gasteiger partial charge is 0.606 e. The van der Waals surface area contributed by atoms with E-state index in [1.165, 1.54) is 29.6 Å². The maximum absolute atomic E-state index is 13.9. The lowest BCUT2D eigenvalue weighted by atomic mass is 10.1. The minimum atomic E-state index is -1.25. The van der Waals surface area contributed by atoms with E-state index in [-0.39, 0.29) is 0 Å². The van der Waals surface area contributed by atoms with Crippen molar-refractivity contribution < 1.29 is 4.55 Å². The van der Waals surface area contributed by atoms with Crippen LogP contribution in [0.5, 0.6) is 0 Å². The molecule has 1 nitrogen and oxygen atoms in total. The van der Waals surface area contributed by atoms with Crippen molar-refractivity contribution in [1.29, 1.82) is 0 Å². The molecular weight excluding hydrogens is 400 g/mol. The highest BCUT2D eigenvalue weighted by Crippen LogP contribution is 2.43. The molecule has 0 spiro atoms. The fourth-order valence-electron chi connectivity index (χ4n) is 3.91. The van der Waals surface area contributed by atoms with E-state index < -0.39 is 11.2 Å². The number of rotatable bonds is 2.